The van der Waals surface area contributed by atoms with Gasteiger partial charge in [-0.25, -0.2) is 18.4 Å². The van der Waals surface area contributed by atoms with Crippen molar-refractivity contribution in [3.63, 3.8) is 0 Å². The van der Waals surface area contributed by atoms with Crippen LogP contribution in [-0.2, 0) is 9.84 Å². The fourth-order valence-corrected chi connectivity index (χ4v) is 1.43. The zero-order valence-electron chi connectivity index (χ0n) is 6.77. The van der Waals surface area contributed by atoms with Gasteiger partial charge < -0.3 is 5.73 Å². The molecule has 0 fully saturated rings. The third kappa shape index (κ3) is 1.70. The molecule has 0 atom stereocenters. The monoisotopic (exact) mass is 187 g/mol. The molecule has 0 aliphatic heterocycles. The fourth-order valence-electron chi connectivity index (χ4n) is 0.762. The molecule has 0 bridgehead atoms. The molecule has 1 heterocycles. The van der Waals surface area contributed by atoms with Crippen LogP contribution < -0.4 is 5.73 Å². The third-order valence-electron chi connectivity index (χ3n) is 1.30. The van der Waals surface area contributed by atoms with E-state index in [1.165, 1.54) is 6.20 Å². The predicted molar refractivity (Wildman–Crippen MR) is 44.3 cm³/mol. The molecule has 1 rings (SSSR count). The van der Waals surface area contributed by atoms with Crippen molar-refractivity contribution in [2.24, 2.45) is 0 Å². The third-order valence-corrected chi connectivity index (χ3v) is 2.42. The lowest BCUT2D eigenvalue weighted by atomic mass is 10.5. The topological polar surface area (TPSA) is 85.9 Å². The van der Waals surface area contributed by atoms with Crippen molar-refractivity contribution in [2.45, 2.75) is 11.8 Å². The Bertz CT molecular complexity index is 399. The average molecular weight is 187 g/mol. The second-order valence-electron chi connectivity index (χ2n) is 2.44. The number of hydrogen-bond donors (Lipinski definition) is 1. The van der Waals surface area contributed by atoms with Crippen molar-refractivity contribution in [2.75, 3.05) is 12.0 Å². The van der Waals surface area contributed by atoms with Gasteiger partial charge in [-0.2, -0.15) is 0 Å². The lowest BCUT2D eigenvalue weighted by Gasteiger charge is -2.01. The van der Waals surface area contributed by atoms with E-state index in [2.05, 4.69) is 9.97 Å². The Morgan fingerprint density at radius 2 is 2.08 bits per heavy atom. The minimum Gasteiger partial charge on any atom is -0.383 e. The second kappa shape index (κ2) is 2.71. The standard InChI is InChI=1S/C6H9N3O2S/c1-4-8-3-5(6(7)9-4)12(2,10)11/h3H,1-2H3,(H2,7,8,9). The minimum atomic E-state index is -3.30. The van der Waals surface area contributed by atoms with Gasteiger partial charge in [0, 0.05) is 6.26 Å². The molecule has 0 aliphatic rings. The first-order valence-corrected chi connectivity index (χ1v) is 5.09. The zero-order valence-corrected chi connectivity index (χ0v) is 7.59. The Kier molecular flexibility index (Phi) is 2.01. The molecule has 0 aromatic carbocycles. The first-order valence-electron chi connectivity index (χ1n) is 3.20. The largest absolute Gasteiger partial charge is 0.383 e. The molecular weight excluding hydrogens is 178 g/mol. The lowest BCUT2D eigenvalue weighted by molar-refractivity contribution is 0.601. The quantitative estimate of drug-likeness (QED) is 0.656. The van der Waals surface area contributed by atoms with Gasteiger partial charge in [-0.15, -0.1) is 0 Å². The van der Waals surface area contributed by atoms with Gasteiger partial charge in [-0.1, -0.05) is 0 Å². The van der Waals surface area contributed by atoms with E-state index in [0.29, 0.717) is 5.82 Å². The number of nitrogens with two attached hydrogens (primary N) is 1. The first-order chi connectivity index (χ1) is 5.41. The van der Waals surface area contributed by atoms with Crippen molar-refractivity contribution < 1.29 is 8.42 Å². The van der Waals surface area contributed by atoms with Crippen molar-refractivity contribution in [3.8, 4) is 0 Å². The van der Waals surface area contributed by atoms with E-state index >= 15 is 0 Å². The number of anilines is 1. The lowest BCUT2D eigenvalue weighted by Crippen LogP contribution is -2.06. The van der Waals surface area contributed by atoms with Gasteiger partial charge in [-0.3, -0.25) is 0 Å². The molecule has 1 aromatic heterocycles. The normalized spacial score (nSPS) is 11.5. The van der Waals surface area contributed by atoms with Crippen LogP contribution in [0.2, 0.25) is 0 Å². The predicted octanol–water partition coefficient (Wildman–Crippen LogP) is -0.229. The Hall–Kier alpha value is -1.17. The van der Waals surface area contributed by atoms with Crippen molar-refractivity contribution in [3.05, 3.63) is 12.0 Å². The molecule has 6 heteroatoms. The molecule has 2 N–H and O–H groups in total. The maximum absolute atomic E-state index is 11.0. The molecule has 0 radical (unpaired) electrons. The highest BCUT2D eigenvalue weighted by molar-refractivity contribution is 7.90. The van der Waals surface area contributed by atoms with Crippen molar-refractivity contribution in [1.82, 2.24) is 9.97 Å². The van der Waals surface area contributed by atoms with Gasteiger partial charge in [0.2, 0.25) is 0 Å². The first kappa shape index (κ1) is 8.92. The van der Waals surface area contributed by atoms with E-state index in [9.17, 15) is 8.42 Å². The SMILES string of the molecule is Cc1ncc(S(C)(=O)=O)c(N)n1. The van der Waals surface area contributed by atoms with E-state index in [0.717, 1.165) is 6.26 Å². The molecule has 0 saturated heterocycles. The van der Waals surface area contributed by atoms with Crippen LogP contribution in [-0.4, -0.2) is 24.6 Å². The summed E-state index contributed by atoms with van der Waals surface area (Å²) in [6.45, 7) is 1.64. The number of rotatable bonds is 1. The molecule has 0 unspecified atom stereocenters. The second-order valence-corrected chi connectivity index (χ2v) is 4.42. The van der Waals surface area contributed by atoms with Gasteiger partial charge in [0.25, 0.3) is 0 Å². The van der Waals surface area contributed by atoms with E-state index in [-0.39, 0.29) is 10.7 Å². The van der Waals surface area contributed by atoms with Crippen molar-refractivity contribution in [1.29, 1.82) is 0 Å². The van der Waals surface area contributed by atoms with Gasteiger partial charge in [-0.05, 0) is 6.92 Å². The maximum atomic E-state index is 11.0. The molecule has 66 valence electrons. The van der Waals surface area contributed by atoms with Crippen LogP contribution in [0.3, 0.4) is 0 Å². The number of hydrogen-bond acceptors (Lipinski definition) is 5. The maximum Gasteiger partial charge on any atom is 0.180 e. The van der Waals surface area contributed by atoms with Crippen LogP contribution in [0.5, 0.6) is 0 Å². The van der Waals surface area contributed by atoms with E-state index in [4.69, 9.17) is 5.73 Å². The van der Waals surface area contributed by atoms with E-state index in [1.54, 1.807) is 6.92 Å². The summed E-state index contributed by atoms with van der Waals surface area (Å²) in [6, 6.07) is 0. The highest BCUT2D eigenvalue weighted by Crippen LogP contribution is 2.13. The smallest absolute Gasteiger partial charge is 0.180 e. The summed E-state index contributed by atoms with van der Waals surface area (Å²) in [5.74, 6) is 0.463. The number of sulfone groups is 1. The highest BCUT2D eigenvalue weighted by atomic mass is 32.2. The molecular formula is C6H9N3O2S. The Morgan fingerprint density at radius 1 is 1.50 bits per heavy atom. The van der Waals surface area contributed by atoms with Gasteiger partial charge in [0.15, 0.2) is 9.84 Å². The minimum absolute atomic E-state index is 0.00463. The Balaban J connectivity index is 3.39. The number of aryl methyl sites for hydroxylation is 1. The molecule has 0 spiro atoms. The molecule has 0 amide bonds. The summed E-state index contributed by atoms with van der Waals surface area (Å²) < 4.78 is 22.0. The summed E-state index contributed by atoms with van der Waals surface area (Å²) in [4.78, 5) is 7.44. The number of nitrogens with zero attached hydrogens (tertiary/aromatic N) is 2. The molecule has 0 saturated carbocycles. The van der Waals surface area contributed by atoms with Crippen LogP contribution in [0.15, 0.2) is 11.1 Å². The molecule has 12 heavy (non-hydrogen) atoms. The van der Waals surface area contributed by atoms with Crippen LogP contribution in [0.4, 0.5) is 5.82 Å². The Morgan fingerprint density at radius 3 is 2.50 bits per heavy atom. The van der Waals surface area contributed by atoms with Gasteiger partial charge in [0.1, 0.15) is 16.5 Å². The summed E-state index contributed by atoms with van der Waals surface area (Å²) in [5.41, 5.74) is 5.38. The summed E-state index contributed by atoms with van der Waals surface area (Å²) in [5, 5.41) is 0. The number of nitrogen functional groups attached to an aromatic ring is 1. The summed E-state index contributed by atoms with van der Waals surface area (Å²) >= 11 is 0. The zero-order chi connectivity index (χ0) is 9.35. The van der Waals surface area contributed by atoms with E-state index in [1.807, 2.05) is 0 Å². The van der Waals surface area contributed by atoms with Crippen LogP contribution in [0, 0.1) is 6.92 Å². The average Bonchev–Trinajstić information content (AvgIpc) is 1.83. The molecule has 1 aromatic rings. The van der Waals surface area contributed by atoms with Crippen LogP contribution >= 0.6 is 0 Å². The highest BCUT2D eigenvalue weighted by Gasteiger charge is 2.12. The van der Waals surface area contributed by atoms with Crippen LogP contribution in [0.25, 0.3) is 0 Å². The summed E-state index contributed by atoms with van der Waals surface area (Å²) in [7, 11) is -3.30. The molecule has 5 nitrogen and oxygen atoms in total. The summed E-state index contributed by atoms with van der Waals surface area (Å²) in [6.07, 6.45) is 2.28. The van der Waals surface area contributed by atoms with Crippen molar-refractivity contribution >= 4 is 15.7 Å². The Labute approximate surface area is 70.6 Å². The van der Waals surface area contributed by atoms with Crippen LogP contribution in [0.1, 0.15) is 5.82 Å². The fraction of sp³-hybridized carbons (Fsp3) is 0.333. The van der Waals surface area contributed by atoms with Gasteiger partial charge >= 0.3 is 0 Å². The number of aromatic nitrogens is 2. The van der Waals surface area contributed by atoms with E-state index < -0.39 is 9.84 Å². The van der Waals surface area contributed by atoms with Gasteiger partial charge in [0.05, 0.1) is 6.20 Å². The molecule has 0 aliphatic carbocycles.